The van der Waals surface area contributed by atoms with Gasteiger partial charge < -0.3 is 9.88 Å². The molecule has 17 heavy (non-hydrogen) atoms. The first kappa shape index (κ1) is 12.6. The highest BCUT2D eigenvalue weighted by atomic mass is 15.1. The van der Waals surface area contributed by atoms with Gasteiger partial charge in [-0.15, -0.1) is 0 Å². The Labute approximate surface area is 105 Å². The summed E-state index contributed by atoms with van der Waals surface area (Å²) in [5, 5.41) is 3.60. The number of hydrogen-bond acceptors (Lipinski definition) is 2. The standard InChI is InChI=1S/C14H25N3/c1-3-9-17-10-8-15-14(17)7-4-12(2)11-16-13-5-6-13/h8,10,12-13,16H,3-7,9,11H2,1-2H3. The van der Waals surface area contributed by atoms with E-state index in [1.165, 1.54) is 38.1 Å². The molecule has 0 aromatic carbocycles. The summed E-state index contributed by atoms with van der Waals surface area (Å²) >= 11 is 0. The summed E-state index contributed by atoms with van der Waals surface area (Å²) in [5.41, 5.74) is 0. The molecular formula is C14H25N3. The van der Waals surface area contributed by atoms with E-state index in [4.69, 9.17) is 0 Å². The Morgan fingerprint density at radius 1 is 1.53 bits per heavy atom. The highest BCUT2D eigenvalue weighted by Crippen LogP contribution is 2.19. The lowest BCUT2D eigenvalue weighted by Crippen LogP contribution is -2.23. The first-order valence-corrected chi connectivity index (χ1v) is 7.03. The van der Waals surface area contributed by atoms with Crippen LogP contribution in [0.1, 0.15) is 45.4 Å². The lowest BCUT2D eigenvalue weighted by Gasteiger charge is -2.12. The summed E-state index contributed by atoms with van der Waals surface area (Å²) in [6.07, 6.45) is 10.3. The molecule has 1 aromatic rings. The number of nitrogens with one attached hydrogen (secondary N) is 1. The average molecular weight is 235 g/mol. The minimum absolute atomic E-state index is 0.752. The van der Waals surface area contributed by atoms with E-state index in [2.05, 4.69) is 34.9 Å². The molecule has 0 spiro atoms. The molecule has 1 N–H and O–H groups in total. The van der Waals surface area contributed by atoms with Crippen molar-refractivity contribution in [2.45, 2.75) is 58.5 Å². The molecular weight excluding hydrogens is 210 g/mol. The van der Waals surface area contributed by atoms with Crippen molar-refractivity contribution in [2.24, 2.45) is 5.92 Å². The van der Waals surface area contributed by atoms with Gasteiger partial charge in [0.05, 0.1) is 0 Å². The van der Waals surface area contributed by atoms with Crippen molar-refractivity contribution in [1.82, 2.24) is 14.9 Å². The first-order valence-electron chi connectivity index (χ1n) is 7.03. The van der Waals surface area contributed by atoms with Crippen molar-refractivity contribution < 1.29 is 0 Å². The van der Waals surface area contributed by atoms with E-state index in [1.807, 2.05) is 6.20 Å². The Morgan fingerprint density at radius 2 is 2.35 bits per heavy atom. The zero-order valence-electron chi connectivity index (χ0n) is 11.2. The number of aryl methyl sites for hydroxylation is 2. The summed E-state index contributed by atoms with van der Waals surface area (Å²) < 4.78 is 2.29. The van der Waals surface area contributed by atoms with Crippen LogP contribution in [0, 0.1) is 5.92 Å². The van der Waals surface area contributed by atoms with Crippen LogP contribution < -0.4 is 5.32 Å². The maximum Gasteiger partial charge on any atom is 0.108 e. The number of imidazole rings is 1. The summed E-state index contributed by atoms with van der Waals surface area (Å²) in [6, 6.07) is 0.833. The van der Waals surface area contributed by atoms with Crippen molar-refractivity contribution >= 4 is 0 Å². The van der Waals surface area contributed by atoms with Crippen molar-refractivity contribution in [3.63, 3.8) is 0 Å². The molecule has 96 valence electrons. The van der Waals surface area contributed by atoms with Crippen LogP contribution in [0.4, 0.5) is 0 Å². The third-order valence-corrected chi connectivity index (χ3v) is 3.46. The Bertz CT molecular complexity index is 328. The highest BCUT2D eigenvalue weighted by molar-refractivity contribution is 4.93. The normalized spacial score (nSPS) is 17.3. The lowest BCUT2D eigenvalue weighted by molar-refractivity contribution is 0.468. The predicted molar refractivity (Wildman–Crippen MR) is 71.0 cm³/mol. The number of nitrogens with zero attached hydrogens (tertiary/aromatic N) is 2. The largest absolute Gasteiger partial charge is 0.335 e. The van der Waals surface area contributed by atoms with Crippen molar-refractivity contribution in [3.05, 3.63) is 18.2 Å². The van der Waals surface area contributed by atoms with Gasteiger partial charge in [-0.2, -0.15) is 0 Å². The van der Waals surface area contributed by atoms with Gasteiger partial charge in [0.1, 0.15) is 5.82 Å². The predicted octanol–water partition coefficient (Wildman–Crippen LogP) is 2.61. The van der Waals surface area contributed by atoms with Gasteiger partial charge in [0.25, 0.3) is 0 Å². The molecule has 1 unspecified atom stereocenters. The Balaban J connectivity index is 1.69. The minimum Gasteiger partial charge on any atom is -0.335 e. The smallest absolute Gasteiger partial charge is 0.108 e. The first-order chi connectivity index (χ1) is 8.29. The van der Waals surface area contributed by atoms with Gasteiger partial charge in [0, 0.05) is 31.4 Å². The SMILES string of the molecule is CCCn1ccnc1CCC(C)CNC1CC1. The fraction of sp³-hybridized carbons (Fsp3) is 0.786. The van der Waals surface area contributed by atoms with E-state index < -0.39 is 0 Å². The van der Waals surface area contributed by atoms with Gasteiger partial charge in [-0.25, -0.2) is 4.98 Å². The molecule has 1 aromatic heterocycles. The van der Waals surface area contributed by atoms with E-state index in [9.17, 15) is 0 Å². The summed E-state index contributed by atoms with van der Waals surface area (Å²) in [6.45, 7) is 6.82. The number of rotatable bonds is 8. The average Bonchev–Trinajstić information content (AvgIpc) is 3.05. The maximum absolute atomic E-state index is 4.46. The molecule has 0 saturated heterocycles. The maximum atomic E-state index is 4.46. The topological polar surface area (TPSA) is 29.9 Å². The molecule has 2 rings (SSSR count). The molecule has 1 fully saturated rings. The Hall–Kier alpha value is -0.830. The van der Waals surface area contributed by atoms with Crippen molar-refractivity contribution in [2.75, 3.05) is 6.54 Å². The fourth-order valence-electron chi connectivity index (χ4n) is 2.15. The molecule has 3 heteroatoms. The van der Waals surface area contributed by atoms with E-state index >= 15 is 0 Å². The van der Waals surface area contributed by atoms with Gasteiger partial charge in [-0.3, -0.25) is 0 Å². The second-order valence-electron chi connectivity index (χ2n) is 5.36. The Kier molecular flexibility index (Phi) is 4.60. The Morgan fingerprint density at radius 3 is 3.06 bits per heavy atom. The monoisotopic (exact) mass is 235 g/mol. The third kappa shape index (κ3) is 4.15. The zero-order valence-corrected chi connectivity index (χ0v) is 11.2. The van der Waals surface area contributed by atoms with E-state index in [-0.39, 0.29) is 0 Å². The van der Waals surface area contributed by atoms with Crippen LogP contribution in [-0.2, 0) is 13.0 Å². The van der Waals surface area contributed by atoms with Gasteiger partial charge >= 0.3 is 0 Å². The van der Waals surface area contributed by atoms with E-state index in [0.717, 1.165) is 24.9 Å². The molecule has 3 nitrogen and oxygen atoms in total. The summed E-state index contributed by atoms with van der Waals surface area (Å²) in [7, 11) is 0. The highest BCUT2D eigenvalue weighted by Gasteiger charge is 2.20. The van der Waals surface area contributed by atoms with Crippen LogP contribution in [0.2, 0.25) is 0 Å². The number of hydrogen-bond donors (Lipinski definition) is 1. The van der Waals surface area contributed by atoms with Crippen molar-refractivity contribution in [3.8, 4) is 0 Å². The summed E-state index contributed by atoms with van der Waals surface area (Å²) in [5.74, 6) is 2.01. The van der Waals surface area contributed by atoms with Gasteiger partial charge in [-0.1, -0.05) is 13.8 Å². The van der Waals surface area contributed by atoms with Crippen LogP contribution in [0.3, 0.4) is 0 Å². The summed E-state index contributed by atoms with van der Waals surface area (Å²) in [4.78, 5) is 4.46. The molecule has 1 saturated carbocycles. The van der Waals surface area contributed by atoms with Gasteiger partial charge in [0.2, 0.25) is 0 Å². The van der Waals surface area contributed by atoms with Crippen LogP contribution in [-0.4, -0.2) is 22.1 Å². The molecule has 0 amide bonds. The van der Waals surface area contributed by atoms with E-state index in [0.29, 0.717) is 0 Å². The van der Waals surface area contributed by atoms with Crippen LogP contribution >= 0.6 is 0 Å². The van der Waals surface area contributed by atoms with Crippen LogP contribution in [0.15, 0.2) is 12.4 Å². The molecule has 1 aliphatic carbocycles. The molecule has 0 bridgehead atoms. The fourth-order valence-corrected chi connectivity index (χ4v) is 2.15. The molecule has 1 aliphatic rings. The van der Waals surface area contributed by atoms with Gasteiger partial charge in [-0.05, 0) is 38.1 Å². The molecule has 1 heterocycles. The van der Waals surface area contributed by atoms with Crippen molar-refractivity contribution in [1.29, 1.82) is 0 Å². The molecule has 1 atom stereocenters. The lowest BCUT2D eigenvalue weighted by atomic mass is 10.1. The minimum atomic E-state index is 0.752. The third-order valence-electron chi connectivity index (χ3n) is 3.46. The van der Waals surface area contributed by atoms with Crippen LogP contribution in [0.25, 0.3) is 0 Å². The zero-order chi connectivity index (χ0) is 12.1. The van der Waals surface area contributed by atoms with Gasteiger partial charge in [0.15, 0.2) is 0 Å². The second kappa shape index (κ2) is 6.20. The molecule has 0 aliphatic heterocycles. The van der Waals surface area contributed by atoms with E-state index in [1.54, 1.807) is 0 Å². The quantitative estimate of drug-likeness (QED) is 0.750. The number of aromatic nitrogens is 2. The molecule has 0 radical (unpaired) electrons. The second-order valence-corrected chi connectivity index (χ2v) is 5.36. The van der Waals surface area contributed by atoms with Crippen LogP contribution in [0.5, 0.6) is 0 Å².